The minimum atomic E-state index is -0.712. The van der Waals surface area contributed by atoms with Crippen LogP contribution in [0.4, 0.5) is 20.6 Å². The average Bonchev–Trinajstić information content (AvgIpc) is 2.55. The highest BCUT2D eigenvalue weighted by atomic mass is 19.1. The van der Waals surface area contributed by atoms with E-state index in [0.717, 1.165) is 0 Å². The fraction of sp³-hybridized carbons (Fsp3) is 0.0667. The molecule has 124 valence electrons. The number of nitro benzene ring substituents is 1. The van der Waals surface area contributed by atoms with Crippen molar-refractivity contribution >= 4 is 23.3 Å². The molecule has 0 atom stereocenters. The van der Waals surface area contributed by atoms with Crippen LogP contribution in [-0.2, 0) is 11.2 Å². The van der Waals surface area contributed by atoms with Crippen LogP contribution in [0.3, 0.4) is 0 Å². The molecule has 0 saturated heterocycles. The molecule has 0 aliphatic rings. The predicted molar refractivity (Wildman–Crippen MR) is 83.5 cm³/mol. The second-order valence-electron chi connectivity index (χ2n) is 4.73. The summed E-state index contributed by atoms with van der Waals surface area (Å²) in [5, 5.41) is 12.9. The van der Waals surface area contributed by atoms with Crippen LogP contribution in [0.1, 0.15) is 5.56 Å². The van der Waals surface area contributed by atoms with Gasteiger partial charge in [-0.3, -0.25) is 20.3 Å². The summed E-state index contributed by atoms with van der Waals surface area (Å²) in [7, 11) is 0. The summed E-state index contributed by atoms with van der Waals surface area (Å²) in [5.41, 5.74) is 5.15. The van der Waals surface area contributed by atoms with Gasteiger partial charge in [0.15, 0.2) is 0 Å². The number of amides is 3. The summed E-state index contributed by atoms with van der Waals surface area (Å²) < 4.78 is 12.8. The van der Waals surface area contributed by atoms with Crippen molar-refractivity contribution in [3.8, 4) is 0 Å². The second-order valence-corrected chi connectivity index (χ2v) is 4.73. The average molecular weight is 332 g/mol. The van der Waals surface area contributed by atoms with E-state index in [1.54, 1.807) is 0 Å². The number of hydrazine groups is 1. The maximum atomic E-state index is 12.8. The Balaban J connectivity index is 1.78. The molecule has 3 N–H and O–H groups in total. The van der Waals surface area contributed by atoms with Gasteiger partial charge in [0.25, 0.3) is 5.69 Å². The maximum absolute atomic E-state index is 12.8. The summed E-state index contributed by atoms with van der Waals surface area (Å²) in [6.07, 6.45) is -0.0297. The summed E-state index contributed by atoms with van der Waals surface area (Å²) in [6.45, 7) is 0. The first-order valence-corrected chi connectivity index (χ1v) is 6.79. The molecule has 2 aromatic rings. The molecule has 0 unspecified atom stereocenters. The molecule has 0 radical (unpaired) electrons. The zero-order valence-electron chi connectivity index (χ0n) is 12.3. The number of nitro groups is 1. The third-order valence-corrected chi connectivity index (χ3v) is 2.93. The van der Waals surface area contributed by atoms with E-state index < -0.39 is 22.7 Å². The van der Waals surface area contributed by atoms with Crippen molar-refractivity contribution in [3.05, 3.63) is 70.0 Å². The van der Waals surface area contributed by atoms with Crippen LogP contribution in [0.2, 0.25) is 0 Å². The van der Waals surface area contributed by atoms with Gasteiger partial charge in [-0.25, -0.2) is 14.6 Å². The van der Waals surface area contributed by atoms with E-state index in [9.17, 15) is 24.1 Å². The number of carbonyl (C=O) groups is 2. The standard InChI is InChI=1S/C15H13FN4O4/c16-11-3-1-10(2-4-11)9-14(21)18-19-15(22)17-12-5-7-13(8-6-12)20(23)24/h1-8H,9H2,(H,18,21)(H2,17,19,22). The highest BCUT2D eigenvalue weighted by molar-refractivity contribution is 5.91. The van der Waals surface area contributed by atoms with E-state index in [1.807, 2.05) is 0 Å². The lowest BCUT2D eigenvalue weighted by atomic mass is 10.1. The molecule has 0 saturated carbocycles. The van der Waals surface area contributed by atoms with Crippen LogP contribution in [0.15, 0.2) is 48.5 Å². The molecule has 0 bridgehead atoms. The molecular weight excluding hydrogens is 319 g/mol. The van der Waals surface area contributed by atoms with Crippen molar-refractivity contribution in [1.29, 1.82) is 0 Å². The van der Waals surface area contributed by atoms with Crippen LogP contribution in [-0.4, -0.2) is 16.9 Å². The third kappa shape index (κ3) is 5.05. The van der Waals surface area contributed by atoms with Crippen molar-refractivity contribution in [3.63, 3.8) is 0 Å². The SMILES string of the molecule is O=C(Cc1ccc(F)cc1)NNC(=O)Nc1ccc([N+](=O)[O-])cc1. The number of rotatable bonds is 4. The smallest absolute Gasteiger partial charge is 0.307 e. The monoisotopic (exact) mass is 332 g/mol. The molecule has 0 aromatic heterocycles. The molecule has 3 amide bonds. The van der Waals surface area contributed by atoms with E-state index in [-0.39, 0.29) is 12.1 Å². The van der Waals surface area contributed by atoms with Gasteiger partial charge in [0.2, 0.25) is 5.91 Å². The second kappa shape index (κ2) is 7.68. The van der Waals surface area contributed by atoms with Crippen LogP contribution >= 0.6 is 0 Å². The number of anilines is 1. The van der Waals surface area contributed by atoms with Crippen LogP contribution in [0.5, 0.6) is 0 Å². The van der Waals surface area contributed by atoms with Crippen molar-refractivity contribution in [2.75, 3.05) is 5.32 Å². The molecule has 0 aliphatic heterocycles. The van der Waals surface area contributed by atoms with Gasteiger partial charge in [0.05, 0.1) is 11.3 Å². The van der Waals surface area contributed by atoms with Gasteiger partial charge in [0.1, 0.15) is 5.82 Å². The molecule has 9 heteroatoms. The predicted octanol–water partition coefficient (Wildman–Crippen LogP) is 2.13. The molecule has 0 spiro atoms. The lowest BCUT2D eigenvalue weighted by Crippen LogP contribution is -2.44. The lowest BCUT2D eigenvalue weighted by molar-refractivity contribution is -0.384. The van der Waals surface area contributed by atoms with E-state index >= 15 is 0 Å². The normalized spacial score (nSPS) is 9.88. The van der Waals surface area contributed by atoms with Gasteiger partial charge < -0.3 is 5.32 Å². The van der Waals surface area contributed by atoms with Crippen molar-refractivity contribution in [1.82, 2.24) is 10.9 Å². The number of non-ortho nitro benzene ring substituents is 1. The van der Waals surface area contributed by atoms with E-state index in [0.29, 0.717) is 11.3 Å². The first-order chi connectivity index (χ1) is 11.4. The Hall–Kier alpha value is -3.49. The number of hydrogen-bond donors (Lipinski definition) is 3. The number of urea groups is 1. The number of hydrogen-bond acceptors (Lipinski definition) is 4. The van der Waals surface area contributed by atoms with Crippen molar-refractivity contribution in [2.45, 2.75) is 6.42 Å². The van der Waals surface area contributed by atoms with Gasteiger partial charge in [-0.1, -0.05) is 12.1 Å². The zero-order valence-corrected chi connectivity index (χ0v) is 12.3. The van der Waals surface area contributed by atoms with Crippen LogP contribution in [0.25, 0.3) is 0 Å². The maximum Gasteiger partial charge on any atom is 0.337 e. The quantitative estimate of drug-likeness (QED) is 0.588. The van der Waals surface area contributed by atoms with E-state index in [4.69, 9.17) is 0 Å². The largest absolute Gasteiger partial charge is 0.337 e. The van der Waals surface area contributed by atoms with Crippen molar-refractivity contribution in [2.24, 2.45) is 0 Å². The molecule has 0 fully saturated rings. The highest BCUT2D eigenvalue weighted by Crippen LogP contribution is 2.15. The molecule has 8 nitrogen and oxygen atoms in total. The number of nitrogens with one attached hydrogen (secondary N) is 3. The fourth-order valence-corrected chi connectivity index (χ4v) is 1.79. The summed E-state index contributed by atoms with van der Waals surface area (Å²) >= 11 is 0. The first kappa shape index (κ1) is 16.9. The molecule has 2 rings (SSSR count). The number of halogens is 1. The van der Waals surface area contributed by atoms with Gasteiger partial charge in [-0.2, -0.15) is 0 Å². The minimum Gasteiger partial charge on any atom is -0.307 e. The minimum absolute atomic E-state index is 0.0297. The first-order valence-electron chi connectivity index (χ1n) is 6.79. The van der Waals surface area contributed by atoms with Gasteiger partial charge in [-0.15, -0.1) is 0 Å². The molecule has 24 heavy (non-hydrogen) atoms. The molecule has 2 aromatic carbocycles. The Kier molecular flexibility index (Phi) is 5.40. The number of nitrogens with zero attached hydrogens (tertiary/aromatic N) is 1. The van der Waals surface area contributed by atoms with Crippen LogP contribution < -0.4 is 16.2 Å². The summed E-state index contributed by atoms with van der Waals surface area (Å²) in [6, 6.07) is 9.88. The van der Waals surface area contributed by atoms with Crippen LogP contribution in [0, 0.1) is 15.9 Å². The number of benzene rings is 2. The van der Waals surface area contributed by atoms with Crippen molar-refractivity contribution < 1.29 is 18.9 Å². The van der Waals surface area contributed by atoms with Gasteiger partial charge >= 0.3 is 6.03 Å². The Labute approximate surface area is 135 Å². The lowest BCUT2D eigenvalue weighted by Gasteiger charge is -2.09. The Morgan fingerprint density at radius 3 is 2.21 bits per heavy atom. The Morgan fingerprint density at radius 1 is 1.00 bits per heavy atom. The summed E-state index contributed by atoms with van der Waals surface area (Å²) in [4.78, 5) is 33.2. The van der Waals surface area contributed by atoms with Gasteiger partial charge in [0, 0.05) is 17.8 Å². The van der Waals surface area contributed by atoms with E-state index in [2.05, 4.69) is 16.2 Å². The summed E-state index contributed by atoms with van der Waals surface area (Å²) in [5.74, 6) is -0.889. The Morgan fingerprint density at radius 2 is 1.62 bits per heavy atom. The zero-order chi connectivity index (χ0) is 17.5. The number of carbonyl (C=O) groups excluding carboxylic acids is 2. The highest BCUT2D eigenvalue weighted by Gasteiger charge is 2.08. The molecule has 0 heterocycles. The van der Waals surface area contributed by atoms with Gasteiger partial charge in [-0.05, 0) is 29.8 Å². The molecular formula is C15H13FN4O4. The third-order valence-electron chi connectivity index (χ3n) is 2.93. The molecule has 0 aliphatic carbocycles. The fourth-order valence-electron chi connectivity index (χ4n) is 1.79. The topological polar surface area (TPSA) is 113 Å². The van der Waals surface area contributed by atoms with E-state index in [1.165, 1.54) is 48.5 Å². The Bertz CT molecular complexity index is 747.